The van der Waals surface area contributed by atoms with Crippen molar-refractivity contribution in [2.45, 2.75) is 31.1 Å². The van der Waals surface area contributed by atoms with Crippen molar-refractivity contribution in [1.29, 1.82) is 0 Å². The highest BCUT2D eigenvalue weighted by molar-refractivity contribution is 7.89. The number of methoxy groups -OCH3 is 1. The van der Waals surface area contributed by atoms with E-state index in [2.05, 4.69) is 0 Å². The van der Waals surface area contributed by atoms with Gasteiger partial charge in [0.25, 0.3) is 0 Å². The standard InChI is InChI=1S/C15H24N2O3S/c1-3-13-4-5-14(16)10-15(13)21(18,19)17-8-6-12(7-9-17)11-20-2/h4-5,10,12H,3,6-9,11,16H2,1-2H3. The van der Waals surface area contributed by atoms with E-state index in [4.69, 9.17) is 10.5 Å². The molecule has 118 valence electrons. The summed E-state index contributed by atoms with van der Waals surface area (Å²) < 4.78 is 32.4. The summed E-state index contributed by atoms with van der Waals surface area (Å²) in [5, 5.41) is 0. The maximum atomic E-state index is 12.8. The Labute approximate surface area is 127 Å². The summed E-state index contributed by atoms with van der Waals surface area (Å²) >= 11 is 0. The second-order valence-electron chi connectivity index (χ2n) is 5.52. The van der Waals surface area contributed by atoms with Gasteiger partial charge in [0.1, 0.15) is 0 Å². The number of anilines is 1. The van der Waals surface area contributed by atoms with Crippen LogP contribution in [0.2, 0.25) is 0 Å². The number of piperidine rings is 1. The first-order valence-electron chi connectivity index (χ1n) is 7.36. The number of nitrogens with zero attached hydrogens (tertiary/aromatic N) is 1. The molecule has 21 heavy (non-hydrogen) atoms. The van der Waals surface area contributed by atoms with Crippen LogP contribution in [0.1, 0.15) is 25.3 Å². The van der Waals surface area contributed by atoms with E-state index in [1.54, 1.807) is 29.6 Å². The number of hydrogen-bond donors (Lipinski definition) is 1. The number of benzene rings is 1. The van der Waals surface area contributed by atoms with Gasteiger partial charge in [-0.2, -0.15) is 4.31 Å². The third kappa shape index (κ3) is 3.56. The molecule has 0 amide bonds. The maximum Gasteiger partial charge on any atom is 0.243 e. The summed E-state index contributed by atoms with van der Waals surface area (Å²) in [5.41, 5.74) is 7.08. The minimum atomic E-state index is -3.45. The largest absolute Gasteiger partial charge is 0.399 e. The van der Waals surface area contributed by atoms with Gasteiger partial charge in [0.15, 0.2) is 0 Å². The highest BCUT2D eigenvalue weighted by atomic mass is 32.2. The van der Waals surface area contributed by atoms with E-state index in [1.807, 2.05) is 6.92 Å². The number of nitrogens with two attached hydrogens (primary N) is 1. The Morgan fingerprint density at radius 2 is 2.00 bits per heavy atom. The van der Waals surface area contributed by atoms with Gasteiger partial charge in [0.2, 0.25) is 10.0 Å². The van der Waals surface area contributed by atoms with Gasteiger partial charge in [-0.25, -0.2) is 8.42 Å². The van der Waals surface area contributed by atoms with E-state index in [9.17, 15) is 8.42 Å². The van der Waals surface area contributed by atoms with Crippen molar-refractivity contribution in [3.8, 4) is 0 Å². The lowest BCUT2D eigenvalue weighted by Gasteiger charge is -2.31. The summed E-state index contributed by atoms with van der Waals surface area (Å²) in [4.78, 5) is 0.357. The number of rotatable bonds is 5. The van der Waals surface area contributed by atoms with E-state index in [0.717, 1.165) is 18.4 Å². The van der Waals surface area contributed by atoms with Gasteiger partial charge in [-0.05, 0) is 42.9 Å². The Kier molecular flexibility index (Phi) is 5.24. The Morgan fingerprint density at radius 1 is 1.33 bits per heavy atom. The summed E-state index contributed by atoms with van der Waals surface area (Å²) in [5.74, 6) is 0.452. The monoisotopic (exact) mass is 312 g/mol. The van der Waals surface area contributed by atoms with E-state index < -0.39 is 10.0 Å². The Bertz CT molecular complexity index is 579. The molecule has 1 aromatic carbocycles. The first-order chi connectivity index (χ1) is 9.98. The smallest absolute Gasteiger partial charge is 0.243 e. The van der Waals surface area contributed by atoms with Crippen LogP contribution in [0.25, 0.3) is 0 Å². The average Bonchev–Trinajstić information content (AvgIpc) is 2.48. The molecule has 1 aliphatic heterocycles. The molecule has 1 aromatic rings. The lowest BCUT2D eigenvalue weighted by molar-refractivity contribution is 0.121. The van der Waals surface area contributed by atoms with E-state index in [-0.39, 0.29) is 0 Å². The van der Waals surface area contributed by atoms with Gasteiger partial charge in [-0.3, -0.25) is 0 Å². The Balaban J connectivity index is 2.21. The van der Waals surface area contributed by atoms with E-state index in [1.165, 1.54) is 0 Å². The highest BCUT2D eigenvalue weighted by Gasteiger charge is 2.30. The first-order valence-corrected chi connectivity index (χ1v) is 8.80. The molecule has 0 atom stereocenters. The fourth-order valence-corrected chi connectivity index (χ4v) is 4.59. The molecule has 0 bridgehead atoms. The molecule has 0 aromatic heterocycles. The van der Waals surface area contributed by atoms with Crippen molar-refractivity contribution in [2.75, 3.05) is 32.5 Å². The zero-order valence-electron chi connectivity index (χ0n) is 12.7. The van der Waals surface area contributed by atoms with Crippen molar-refractivity contribution < 1.29 is 13.2 Å². The molecular weight excluding hydrogens is 288 g/mol. The van der Waals surface area contributed by atoms with E-state index >= 15 is 0 Å². The van der Waals surface area contributed by atoms with Gasteiger partial charge >= 0.3 is 0 Å². The van der Waals surface area contributed by atoms with Crippen LogP contribution in [0.3, 0.4) is 0 Å². The van der Waals surface area contributed by atoms with Crippen LogP contribution in [-0.4, -0.2) is 39.5 Å². The molecule has 5 nitrogen and oxygen atoms in total. The van der Waals surface area contributed by atoms with Crippen molar-refractivity contribution in [2.24, 2.45) is 5.92 Å². The minimum Gasteiger partial charge on any atom is -0.399 e. The maximum absolute atomic E-state index is 12.8. The lowest BCUT2D eigenvalue weighted by Crippen LogP contribution is -2.39. The zero-order valence-corrected chi connectivity index (χ0v) is 13.5. The van der Waals surface area contributed by atoms with Crippen molar-refractivity contribution in [1.82, 2.24) is 4.31 Å². The molecule has 1 aliphatic rings. The highest BCUT2D eigenvalue weighted by Crippen LogP contribution is 2.27. The van der Waals surface area contributed by atoms with Crippen LogP contribution in [-0.2, 0) is 21.2 Å². The summed E-state index contributed by atoms with van der Waals surface area (Å²) in [6.07, 6.45) is 2.36. The fourth-order valence-electron chi connectivity index (χ4n) is 2.79. The predicted molar refractivity (Wildman–Crippen MR) is 83.6 cm³/mol. The molecule has 0 saturated carbocycles. The molecule has 2 rings (SSSR count). The van der Waals surface area contributed by atoms with Crippen molar-refractivity contribution in [3.63, 3.8) is 0 Å². The van der Waals surface area contributed by atoms with Crippen LogP contribution in [0.5, 0.6) is 0 Å². The minimum absolute atomic E-state index is 0.357. The van der Waals surface area contributed by atoms with E-state index in [0.29, 0.717) is 42.6 Å². The Morgan fingerprint density at radius 3 is 2.57 bits per heavy atom. The number of hydrogen-bond acceptors (Lipinski definition) is 4. The number of sulfonamides is 1. The third-order valence-electron chi connectivity index (χ3n) is 4.07. The van der Waals surface area contributed by atoms with Crippen LogP contribution >= 0.6 is 0 Å². The van der Waals surface area contributed by atoms with Crippen molar-refractivity contribution in [3.05, 3.63) is 23.8 Å². The van der Waals surface area contributed by atoms with Crippen molar-refractivity contribution >= 4 is 15.7 Å². The number of aryl methyl sites for hydroxylation is 1. The van der Waals surface area contributed by atoms with Crippen LogP contribution in [0, 0.1) is 5.92 Å². The van der Waals surface area contributed by atoms with Gasteiger partial charge in [0, 0.05) is 32.5 Å². The van der Waals surface area contributed by atoms with Gasteiger partial charge in [-0.15, -0.1) is 0 Å². The molecular formula is C15H24N2O3S. The summed E-state index contributed by atoms with van der Waals surface area (Å²) in [7, 11) is -1.77. The van der Waals surface area contributed by atoms with Gasteiger partial charge in [-0.1, -0.05) is 13.0 Å². The SMILES string of the molecule is CCc1ccc(N)cc1S(=O)(=O)N1CCC(COC)CC1. The predicted octanol–water partition coefficient (Wildman–Crippen LogP) is 1.88. The number of ether oxygens (including phenoxy) is 1. The molecule has 2 N–H and O–H groups in total. The molecule has 1 heterocycles. The van der Waals surface area contributed by atoms with Crippen LogP contribution in [0.15, 0.2) is 23.1 Å². The third-order valence-corrected chi connectivity index (χ3v) is 6.05. The summed E-state index contributed by atoms with van der Waals surface area (Å²) in [6.45, 7) is 3.75. The van der Waals surface area contributed by atoms with Crippen LogP contribution in [0.4, 0.5) is 5.69 Å². The Hall–Kier alpha value is -1.11. The fraction of sp³-hybridized carbons (Fsp3) is 0.600. The second-order valence-corrected chi connectivity index (χ2v) is 7.43. The molecule has 0 aliphatic carbocycles. The lowest BCUT2D eigenvalue weighted by atomic mass is 9.99. The molecule has 6 heteroatoms. The summed E-state index contributed by atoms with van der Waals surface area (Å²) in [6, 6.07) is 5.14. The van der Waals surface area contributed by atoms with Gasteiger partial charge in [0.05, 0.1) is 4.90 Å². The number of nitrogen functional groups attached to an aromatic ring is 1. The topological polar surface area (TPSA) is 72.6 Å². The first kappa shape index (κ1) is 16.3. The molecule has 1 saturated heterocycles. The second kappa shape index (κ2) is 6.77. The van der Waals surface area contributed by atoms with Crippen LogP contribution < -0.4 is 5.73 Å². The molecule has 1 fully saturated rings. The molecule has 0 radical (unpaired) electrons. The quantitative estimate of drug-likeness (QED) is 0.843. The average molecular weight is 312 g/mol. The normalized spacial score (nSPS) is 18.0. The zero-order chi connectivity index (χ0) is 15.5. The molecule has 0 unspecified atom stereocenters. The molecule has 0 spiro atoms. The van der Waals surface area contributed by atoms with Gasteiger partial charge < -0.3 is 10.5 Å².